The van der Waals surface area contributed by atoms with Crippen molar-refractivity contribution < 1.29 is 0 Å². The van der Waals surface area contributed by atoms with Crippen LogP contribution < -0.4 is 10.6 Å². The summed E-state index contributed by atoms with van der Waals surface area (Å²) in [7, 11) is 0. The zero-order valence-electron chi connectivity index (χ0n) is 9.07. The van der Waals surface area contributed by atoms with Gasteiger partial charge in [-0.2, -0.15) is 0 Å². The van der Waals surface area contributed by atoms with E-state index in [9.17, 15) is 0 Å². The van der Waals surface area contributed by atoms with Crippen LogP contribution in [-0.4, -0.2) is 9.55 Å². The highest BCUT2D eigenvalue weighted by atomic mass is 35.5. The standard InChI is InChI=1S/C12H11ClN4/c1-8-14-6-10(15-8)7-17-5-4-9-2-3-11(13)16-12(9)17/h2-6,14-15H,1,7H2. The molecule has 1 aliphatic rings. The molecule has 0 amide bonds. The van der Waals surface area contributed by atoms with E-state index in [0.29, 0.717) is 11.7 Å². The number of nitrogens with zero attached hydrogens (tertiary/aromatic N) is 2. The molecule has 0 spiro atoms. The Morgan fingerprint density at radius 1 is 1.35 bits per heavy atom. The number of fused-ring (bicyclic) bond motifs is 1. The molecule has 2 N–H and O–H groups in total. The molecular weight excluding hydrogens is 236 g/mol. The highest BCUT2D eigenvalue weighted by molar-refractivity contribution is 6.29. The van der Waals surface area contributed by atoms with Gasteiger partial charge >= 0.3 is 0 Å². The van der Waals surface area contributed by atoms with Crippen LogP contribution in [0.2, 0.25) is 5.15 Å². The fourth-order valence-corrected chi connectivity index (χ4v) is 2.02. The third kappa shape index (κ3) is 1.87. The van der Waals surface area contributed by atoms with Crippen molar-refractivity contribution in [2.75, 3.05) is 0 Å². The first-order chi connectivity index (χ1) is 8.22. The lowest BCUT2D eigenvalue weighted by Crippen LogP contribution is -2.13. The molecule has 0 fully saturated rings. The SMILES string of the molecule is C=C1NC=C(Cn2ccc3ccc(Cl)nc32)N1. The Kier molecular flexibility index (Phi) is 2.30. The minimum atomic E-state index is 0.508. The molecule has 17 heavy (non-hydrogen) atoms. The summed E-state index contributed by atoms with van der Waals surface area (Å²) in [6.07, 6.45) is 3.90. The highest BCUT2D eigenvalue weighted by Gasteiger charge is 2.09. The molecule has 4 nitrogen and oxygen atoms in total. The predicted molar refractivity (Wildman–Crippen MR) is 68.2 cm³/mol. The Bertz CT molecular complexity index is 626. The minimum absolute atomic E-state index is 0.508. The molecule has 0 atom stereocenters. The molecule has 0 bridgehead atoms. The zero-order chi connectivity index (χ0) is 11.8. The van der Waals surface area contributed by atoms with Crippen molar-refractivity contribution >= 4 is 22.6 Å². The quantitative estimate of drug-likeness (QED) is 0.799. The van der Waals surface area contributed by atoms with Gasteiger partial charge in [0.25, 0.3) is 0 Å². The summed E-state index contributed by atoms with van der Waals surface area (Å²) in [6.45, 7) is 4.50. The number of halogens is 1. The van der Waals surface area contributed by atoms with Gasteiger partial charge in [0, 0.05) is 17.8 Å². The van der Waals surface area contributed by atoms with Crippen molar-refractivity contribution in [2.45, 2.75) is 6.54 Å². The lowest BCUT2D eigenvalue weighted by molar-refractivity contribution is 0.764. The second-order valence-electron chi connectivity index (χ2n) is 3.91. The first kappa shape index (κ1) is 10.2. The molecule has 3 rings (SSSR count). The first-order valence-electron chi connectivity index (χ1n) is 5.25. The molecule has 0 aliphatic carbocycles. The van der Waals surface area contributed by atoms with E-state index in [1.807, 2.05) is 29.1 Å². The van der Waals surface area contributed by atoms with Crippen LogP contribution in [0.25, 0.3) is 11.0 Å². The number of aromatic nitrogens is 2. The second kappa shape index (κ2) is 3.82. The van der Waals surface area contributed by atoms with Crippen LogP contribution >= 0.6 is 11.6 Å². The van der Waals surface area contributed by atoms with Crippen LogP contribution in [0.4, 0.5) is 0 Å². The van der Waals surface area contributed by atoms with Crippen molar-refractivity contribution in [3.63, 3.8) is 0 Å². The Morgan fingerprint density at radius 3 is 3.00 bits per heavy atom. The van der Waals surface area contributed by atoms with E-state index < -0.39 is 0 Å². The van der Waals surface area contributed by atoms with Crippen molar-refractivity contribution in [1.82, 2.24) is 20.2 Å². The number of rotatable bonds is 2. The summed E-state index contributed by atoms with van der Waals surface area (Å²) >= 11 is 5.91. The van der Waals surface area contributed by atoms with Gasteiger partial charge in [-0.25, -0.2) is 4.98 Å². The van der Waals surface area contributed by atoms with Crippen molar-refractivity contribution in [2.24, 2.45) is 0 Å². The topological polar surface area (TPSA) is 41.9 Å². The van der Waals surface area contributed by atoms with E-state index in [1.54, 1.807) is 6.07 Å². The molecule has 0 aromatic carbocycles. The Hall–Kier alpha value is -1.94. The second-order valence-corrected chi connectivity index (χ2v) is 4.30. The average molecular weight is 247 g/mol. The van der Waals surface area contributed by atoms with Crippen LogP contribution in [0.3, 0.4) is 0 Å². The third-order valence-electron chi connectivity index (χ3n) is 2.65. The van der Waals surface area contributed by atoms with Crippen LogP contribution in [0, 0.1) is 0 Å². The normalized spacial score (nSPS) is 14.6. The summed E-state index contributed by atoms with van der Waals surface area (Å²) in [6, 6.07) is 5.79. The van der Waals surface area contributed by atoms with Crippen LogP contribution in [0.15, 0.2) is 48.7 Å². The average Bonchev–Trinajstić information content (AvgIpc) is 2.87. The van der Waals surface area contributed by atoms with Gasteiger partial charge in [0.1, 0.15) is 10.8 Å². The van der Waals surface area contributed by atoms with Gasteiger partial charge in [0.2, 0.25) is 0 Å². The molecule has 5 heteroatoms. The molecule has 1 aliphatic heterocycles. The summed E-state index contributed by atoms with van der Waals surface area (Å²) in [5.41, 5.74) is 1.94. The van der Waals surface area contributed by atoms with Gasteiger partial charge in [0.15, 0.2) is 0 Å². The van der Waals surface area contributed by atoms with Gasteiger partial charge < -0.3 is 15.2 Å². The number of pyridine rings is 1. The van der Waals surface area contributed by atoms with Crippen molar-refractivity contribution in [3.05, 3.63) is 53.8 Å². The summed E-state index contributed by atoms with van der Waals surface area (Å²) < 4.78 is 2.04. The van der Waals surface area contributed by atoms with E-state index in [2.05, 4.69) is 22.2 Å². The molecule has 0 radical (unpaired) electrons. The van der Waals surface area contributed by atoms with Gasteiger partial charge in [-0.3, -0.25) is 0 Å². The third-order valence-corrected chi connectivity index (χ3v) is 2.86. The summed E-state index contributed by atoms with van der Waals surface area (Å²) in [5.74, 6) is 0.794. The van der Waals surface area contributed by atoms with Crippen LogP contribution in [0.5, 0.6) is 0 Å². The smallest absolute Gasteiger partial charge is 0.142 e. The van der Waals surface area contributed by atoms with Gasteiger partial charge in [-0.15, -0.1) is 0 Å². The molecule has 86 valence electrons. The van der Waals surface area contributed by atoms with E-state index in [4.69, 9.17) is 11.6 Å². The molecule has 0 saturated carbocycles. The van der Waals surface area contributed by atoms with Gasteiger partial charge in [-0.1, -0.05) is 18.2 Å². The van der Waals surface area contributed by atoms with Gasteiger partial charge in [-0.05, 0) is 18.2 Å². The summed E-state index contributed by atoms with van der Waals surface area (Å²) in [5, 5.41) is 7.75. The highest BCUT2D eigenvalue weighted by Crippen LogP contribution is 2.18. The molecule has 3 heterocycles. The molecule has 2 aromatic rings. The monoisotopic (exact) mass is 246 g/mol. The van der Waals surface area contributed by atoms with Crippen molar-refractivity contribution in [3.8, 4) is 0 Å². The molecule has 2 aromatic heterocycles. The van der Waals surface area contributed by atoms with Crippen LogP contribution in [-0.2, 0) is 6.54 Å². The van der Waals surface area contributed by atoms with E-state index >= 15 is 0 Å². The number of hydrogen-bond acceptors (Lipinski definition) is 3. The van der Waals surface area contributed by atoms with Crippen molar-refractivity contribution in [1.29, 1.82) is 0 Å². The van der Waals surface area contributed by atoms with Gasteiger partial charge in [0.05, 0.1) is 18.1 Å². The fraction of sp³-hybridized carbons (Fsp3) is 0.0833. The lowest BCUT2D eigenvalue weighted by Gasteiger charge is -2.06. The summed E-state index contributed by atoms with van der Waals surface area (Å²) in [4.78, 5) is 4.33. The minimum Gasteiger partial charge on any atom is -0.347 e. The fourth-order valence-electron chi connectivity index (χ4n) is 1.87. The molecular formula is C12H11ClN4. The number of allylic oxidation sites excluding steroid dienone is 1. The maximum Gasteiger partial charge on any atom is 0.142 e. The van der Waals surface area contributed by atoms with E-state index in [-0.39, 0.29) is 0 Å². The van der Waals surface area contributed by atoms with E-state index in [0.717, 1.165) is 22.6 Å². The number of hydrogen-bond donors (Lipinski definition) is 2. The largest absolute Gasteiger partial charge is 0.347 e. The lowest BCUT2D eigenvalue weighted by atomic mass is 10.3. The molecule has 0 unspecified atom stereocenters. The Labute approximate surface area is 104 Å². The zero-order valence-corrected chi connectivity index (χ0v) is 9.83. The predicted octanol–water partition coefficient (Wildman–Crippen LogP) is 2.20. The maximum absolute atomic E-state index is 5.91. The van der Waals surface area contributed by atoms with Crippen LogP contribution in [0.1, 0.15) is 0 Å². The first-order valence-corrected chi connectivity index (χ1v) is 5.63. The Morgan fingerprint density at radius 2 is 2.24 bits per heavy atom. The maximum atomic E-state index is 5.91. The van der Waals surface area contributed by atoms with E-state index in [1.165, 1.54) is 0 Å². The molecule has 0 saturated heterocycles. The Balaban J connectivity index is 1.95. The number of nitrogens with one attached hydrogen (secondary N) is 2.